The van der Waals surface area contributed by atoms with Crippen LogP contribution in [-0.4, -0.2) is 18.3 Å². The molecule has 0 fully saturated rings. The Labute approximate surface area is 471 Å². The van der Waals surface area contributed by atoms with E-state index in [1.165, 1.54) is 131 Å². The highest BCUT2D eigenvalue weighted by molar-refractivity contribution is 6.25. The maximum absolute atomic E-state index is 2.49. The Morgan fingerprint density at radius 3 is 1.24 bits per heavy atom. The van der Waals surface area contributed by atoms with Gasteiger partial charge in [0.05, 0.1) is 50.0 Å². The van der Waals surface area contributed by atoms with Crippen LogP contribution in [0.3, 0.4) is 0 Å². The molecule has 0 unspecified atom stereocenters. The van der Waals surface area contributed by atoms with Crippen molar-refractivity contribution in [1.82, 2.24) is 18.3 Å². The molecule has 0 radical (unpaired) electrons. The van der Waals surface area contributed by atoms with Gasteiger partial charge >= 0.3 is 0 Å². The number of hydrogen-bond acceptors (Lipinski definition) is 0. The quantitative estimate of drug-likeness (QED) is 0.142. The number of fused-ring (bicyclic) bond motifs is 10. The van der Waals surface area contributed by atoms with E-state index in [9.17, 15) is 0 Å². The van der Waals surface area contributed by atoms with Gasteiger partial charge in [-0.25, -0.2) is 0 Å². The summed E-state index contributed by atoms with van der Waals surface area (Å²) in [4.78, 5) is 0. The monoisotopic (exact) mass is 1040 g/mol. The van der Waals surface area contributed by atoms with E-state index in [1.54, 1.807) is 0 Å². The molecule has 4 aromatic heterocycles. The summed E-state index contributed by atoms with van der Waals surface area (Å²) in [7, 11) is 0. The third kappa shape index (κ3) is 6.55. The van der Waals surface area contributed by atoms with Gasteiger partial charge in [-0.05, 0) is 164 Å². The normalized spacial score (nSPS) is 12.1. The van der Waals surface area contributed by atoms with E-state index < -0.39 is 0 Å². The minimum Gasteiger partial charge on any atom is -0.309 e. The molecule has 0 aliphatic carbocycles. The number of aromatic nitrogens is 4. The van der Waals surface area contributed by atoms with Crippen LogP contribution < -0.4 is 0 Å². The van der Waals surface area contributed by atoms with E-state index in [0.29, 0.717) is 0 Å². The molecule has 14 aromatic carbocycles. The first-order chi connectivity index (χ1) is 40.7. The maximum Gasteiger partial charge on any atom is 0.0541 e. The minimum atomic E-state index is 1.12. The van der Waals surface area contributed by atoms with Crippen LogP contribution in [0.1, 0.15) is 0 Å². The molecule has 0 N–H and O–H groups in total. The molecular formula is C78H48N4. The average Bonchev–Trinajstić information content (AvgIpc) is 4.04. The predicted molar refractivity (Wildman–Crippen MR) is 346 cm³/mol. The summed E-state index contributed by atoms with van der Waals surface area (Å²) >= 11 is 0. The lowest BCUT2D eigenvalue weighted by Crippen LogP contribution is -1.97. The first-order valence-electron chi connectivity index (χ1n) is 28.3. The largest absolute Gasteiger partial charge is 0.309 e. The SMILES string of the molecule is c1ccc(-n2c(-c3ccc(-n4c5ccccc5c5cc(-c6cc(-c7ccc8c(c7)c7ccccc7n8-c7ccc8ccc9cccc%10ccc7c8c9%10)cc(-n7c8ccccc8c8ccccc87)c6)ccc54)cc3)cc3ccccc32)cc1. The summed E-state index contributed by atoms with van der Waals surface area (Å²) in [5.74, 6) is 0. The molecule has 4 heteroatoms. The van der Waals surface area contributed by atoms with Gasteiger partial charge in [0.2, 0.25) is 0 Å². The van der Waals surface area contributed by atoms with Crippen molar-refractivity contribution in [2.24, 2.45) is 0 Å². The average molecular weight is 1040 g/mol. The van der Waals surface area contributed by atoms with Crippen molar-refractivity contribution in [1.29, 1.82) is 0 Å². The van der Waals surface area contributed by atoms with Crippen LogP contribution in [0.2, 0.25) is 0 Å². The summed E-state index contributed by atoms with van der Waals surface area (Å²) < 4.78 is 9.76. The number of benzene rings is 14. The number of rotatable bonds is 7. The summed E-state index contributed by atoms with van der Waals surface area (Å²) in [6.45, 7) is 0. The summed E-state index contributed by atoms with van der Waals surface area (Å²) in [6, 6.07) is 108. The predicted octanol–water partition coefficient (Wildman–Crippen LogP) is 20.8. The number of nitrogens with zero attached hydrogens (tertiary/aromatic N) is 4. The molecule has 82 heavy (non-hydrogen) atoms. The fourth-order valence-corrected chi connectivity index (χ4v) is 14.0. The lowest BCUT2D eigenvalue weighted by atomic mass is 9.93. The van der Waals surface area contributed by atoms with Gasteiger partial charge in [-0.3, -0.25) is 0 Å². The fourth-order valence-electron chi connectivity index (χ4n) is 14.0. The number of hydrogen-bond donors (Lipinski definition) is 0. The molecule has 0 atom stereocenters. The molecule has 0 spiro atoms. The Balaban J connectivity index is 0.811. The Morgan fingerprint density at radius 2 is 0.622 bits per heavy atom. The first-order valence-corrected chi connectivity index (χ1v) is 28.3. The van der Waals surface area contributed by atoms with Crippen LogP contribution in [0.4, 0.5) is 0 Å². The Kier molecular flexibility index (Phi) is 9.48. The van der Waals surface area contributed by atoms with Crippen LogP contribution in [0.25, 0.3) is 165 Å². The van der Waals surface area contributed by atoms with E-state index in [4.69, 9.17) is 0 Å². The van der Waals surface area contributed by atoms with Crippen molar-refractivity contribution in [2.45, 2.75) is 0 Å². The Morgan fingerprint density at radius 1 is 0.183 bits per heavy atom. The second kappa shape index (κ2) is 17.3. The topological polar surface area (TPSA) is 19.7 Å². The van der Waals surface area contributed by atoms with E-state index >= 15 is 0 Å². The fraction of sp³-hybridized carbons (Fsp3) is 0. The lowest BCUT2D eigenvalue weighted by Gasteiger charge is -2.16. The molecule has 0 aliphatic rings. The molecule has 18 rings (SSSR count). The Bertz CT molecular complexity index is 5560. The second-order valence-corrected chi connectivity index (χ2v) is 22.1. The van der Waals surface area contributed by atoms with Gasteiger partial charge in [-0.1, -0.05) is 182 Å². The molecule has 0 saturated carbocycles. The van der Waals surface area contributed by atoms with Crippen LogP contribution in [-0.2, 0) is 0 Å². The molecular weight excluding hydrogens is 993 g/mol. The van der Waals surface area contributed by atoms with Crippen molar-refractivity contribution in [3.8, 4) is 56.3 Å². The van der Waals surface area contributed by atoms with Crippen LogP contribution in [0.15, 0.2) is 291 Å². The zero-order chi connectivity index (χ0) is 53.6. The van der Waals surface area contributed by atoms with Gasteiger partial charge in [-0.2, -0.15) is 0 Å². The van der Waals surface area contributed by atoms with Crippen LogP contribution in [0, 0.1) is 0 Å². The van der Waals surface area contributed by atoms with Gasteiger partial charge < -0.3 is 18.3 Å². The minimum absolute atomic E-state index is 1.12. The maximum atomic E-state index is 2.49. The van der Waals surface area contributed by atoms with Gasteiger partial charge in [0.1, 0.15) is 0 Å². The summed E-state index contributed by atoms with van der Waals surface area (Å²) in [5, 5.41) is 16.3. The van der Waals surface area contributed by atoms with E-state index in [-0.39, 0.29) is 0 Å². The standard InChI is InChI=1S/C78H48N4/c1-2-18-58(19-3-1)79-68-24-9-4-15-55(68)48-76(79)49-31-37-59(38-32-49)80-71-27-12-7-22-63(71)66-46-53(35-41-74(66)80)56-43-57(45-60(44-56)81-69-25-10-5-20-61(69)62-21-6-11-26-70(62)81)54-36-42-75-67(47-54)64-23-8-13-28-72(64)82(75)73-40-34-52-30-29-50-16-14-17-51-33-39-65(73)78(52)77(50)51/h1-48H. The van der Waals surface area contributed by atoms with E-state index in [2.05, 4.69) is 309 Å². The molecule has 0 amide bonds. The zero-order valence-electron chi connectivity index (χ0n) is 44.5. The highest BCUT2D eigenvalue weighted by Crippen LogP contribution is 2.44. The van der Waals surface area contributed by atoms with E-state index in [1.807, 2.05) is 0 Å². The van der Waals surface area contributed by atoms with Crippen molar-refractivity contribution >= 4 is 109 Å². The van der Waals surface area contributed by atoms with Crippen LogP contribution >= 0.6 is 0 Å². The third-order valence-corrected chi connectivity index (χ3v) is 17.7. The number of para-hydroxylation sites is 6. The second-order valence-electron chi connectivity index (χ2n) is 22.1. The van der Waals surface area contributed by atoms with Crippen molar-refractivity contribution < 1.29 is 0 Å². The molecule has 4 heterocycles. The smallest absolute Gasteiger partial charge is 0.0541 e. The van der Waals surface area contributed by atoms with Gasteiger partial charge in [0, 0.05) is 60.2 Å². The molecule has 4 nitrogen and oxygen atoms in total. The molecule has 380 valence electrons. The van der Waals surface area contributed by atoms with Crippen molar-refractivity contribution in [3.63, 3.8) is 0 Å². The molecule has 18 aromatic rings. The van der Waals surface area contributed by atoms with Crippen LogP contribution in [0.5, 0.6) is 0 Å². The lowest BCUT2D eigenvalue weighted by molar-refractivity contribution is 1.13. The first kappa shape index (κ1) is 45.0. The molecule has 0 saturated heterocycles. The van der Waals surface area contributed by atoms with Gasteiger partial charge in [-0.15, -0.1) is 0 Å². The highest BCUT2D eigenvalue weighted by atomic mass is 15.0. The summed E-state index contributed by atoms with van der Waals surface area (Å²) in [5.41, 5.74) is 19.8. The highest BCUT2D eigenvalue weighted by Gasteiger charge is 2.21. The summed E-state index contributed by atoms with van der Waals surface area (Å²) in [6.07, 6.45) is 0. The van der Waals surface area contributed by atoms with Crippen molar-refractivity contribution in [3.05, 3.63) is 291 Å². The molecule has 0 bridgehead atoms. The third-order valence-electron chi connectivity index (χ3n) is 17.7. The van der Waals surface area contributed by atoms with Gasteiger partial charge in [0.15, 0.2) is 0 Å². The van der Waals surface area contributed by atoms with Crippen molar-refractivity contribution in [2.75, 3.05) is 0 Å². The zero-order valence-corrected chi connectivity index (χ0v) is 44.5. The van der Waals surface area contributed by atoms with E-state index in [0.717, 1.165) is 33.8 Å². The Hall–Kier alpha value is -10.9. The molecule has 0 aliphatic heterocycles. The van der Waals surface area contributed by atoms with Gasteiger partial charge in [0.25, 0.3) is 0 Å².